The van der Waals surface area contributed by atoms with Crippen LogP contribution in [0, 0.1) is 0 Å². The summed E-state index contributed by atoms with van der Waals surface area (Å²) < 4.78 is 35.8. The van der Waals surface area contributed by atoms with E-state index in [2.05, 4.69) is 9.62 Å². The molecular formula is C36H42N4O5S. The van der Waals surface area contributed by atoms with E-state index in [4.69, 9.17) is 4.42 Å². The van der Waals surface area contributed by atoms with Gasteiger partial charge in [0.2, 0.25) is 5.91 Å². The standard InChI is InChI=1S/C36H42N4O5S/c41-33(39-20-15-29(16-21-39)38-18-7-8-19-38)24-40-32-23-27(36(42)37-46(43,44)30-11-5-2-6-12-30)13-14-31(32)34(26-9-3-1-4-10-26)35(40)28-17-22-45-25-28/h2,5-6,11-14,17,22-23,25-26,29H,1,3-4,7-10,15-16,18-21,24H2,(H,37,42). The predicted octanol–water partition coefficient (Wildman–Crippen LogP) is 6.15. The van der Waals surface area contributed by atoms with Gasteiger partial charge in [-0.1, -0.05) is 43.5 Å². The molecule has 0 bridgehead atoms. The molecule has 3 fully saturated rings. The number of aromatic nitrogens is 1. The average Bonchev–Trinajstić information content (AvgIpc) is 3.87. The van der Waals surface area contributed by atoms with Crippen molar-refractivity contribution in [1.29, 1.82) is 0 Å². The van der Waals surface area contributed by atoms with Crippen molar-refractivity contribution in [3.8, 4) is 11.3 Å². The quantitative estimate of drug-likeness (QED) is 0.247. The number of fused-ring (bicyclic) bond motifs is 1. The summed E-state index contributed by atoms with van der Waals surface area (Å²) in [6.45, 7) is 3.93. The summed E-state index contributed by atoms with van der Waals surface area (Å²) in [4.78, 5) is 32.0. The van der Waals surface area contributed by atoms with Crippen molar-refractivity contribution in [1.82, 2.24) is 19.1 Å². The van der Waals surface area contributed by atoms with E-state index in [1.807, 2.05) is 21.6 Å². The molecule has 4 heterocycles. The first-order valence-corrected chi connectivity index (χ1v) is 18.2. The molecule has 1 saturated carbocycles. The Balaban J connectivity index is 1.25. The summed E-state index contributed by atoms with van der Waals surface area (Å²) >= 11 is 0. The molecule has 3 aliphatic rings. The molecule has 1 N–H and O–H groups in total. The molecule has 46 heavy (non-hydrogen) atoms. The second-order valence-electron chi connectivity index (χ2n) is 13.0. The van der Waals surface area contributed by atoms with Crippen LogP contribution in [0.1, 0.15) is 79.6 Å². The lowest BCUT2D eigenvalue weighted by Crippen LogP contribution is -2.46. The Morgan fingerprint density at radius 1 is 0.848 bits per heavy atom. The number of rotatable bonds is 8. The number of furan rings is 1. The lowest BCUT2D eigenvalue weighted by molar-refractivity contribution is -0.133. The Morgan fingerprint density at radius 3 is 2.28 bits per heavy atom. The van der Waals surface area contributed by atoms with Crippen molar-refractivity contribution in [2.45, 2.75) is 81.2 Å². The van der Waals surface area contributed by atoms with Crippen LogP contribution in [-0.2, 0) is 21.4 Å². The van der Waals surface area contributed by atoms with E-state index in [9.17, 15) is 18.0 Å². The van der Waals surface area contributed by atoms with Gasteiger partial charge in [0.25, 0.3) is 15.9 Å². The maximum absolute atomic E-state index is 14.0. The van der Waals surface area contributed by atoms with Crippen LogP contribution >= 0.6 is 0 Å². The van der Waals surface area contributed by atoms with Gasteiger partial charge in [0, 0.05) is 35.6 Å². The van der Waals surface area contributed by atoms with Gasteiger partial charge in [-0.2, -0.15) is 0 Å². The van der Waals surface area contributed by atoms with Crippen molar-refractivity contribution < 1.29 is 22.4 Å². The molecule has 4 aromatic rings. The molecule has 2 saturated heterocycles. The summed E-state index contributed by atoms with van der Waals surface area (Å²) in [5, 5.41) is 0.992. The molecule has 2 aromatic heterocycles. The Bertz CT molecular complexity index is 1800. The Labute approximate surface area is 270 Å². The third kappa shape index (κ3) is 6.12. The fraction of sp³-hybridized carbons (Fsp3) is 0.444. The van der Waals surface area contributed by atoms with Crippen LogP contribution in [0.15, 0.2) is 76.4 Å². The Kier molecular flexibility index (Phi) is 8.74. The first-order valence-electron chi connectivity index (χ1n) is 16.7. The first kappa shape index (κ1) is 30.7. The highest BCUT2D eigenvalue weighted by atomic mass is 32.2. The van der Waals surface area contributed by atoms with Gasteiger partial charge < -0.3 is 18.8 Å². The van der Waals surface area contributed by atoms with Gasteiger partial charge in [-0.05, 0) is 93.4 Å². The number of likely N-dealkylation sites (tertiary alicyclic amines) is 2. The lowest BCUT2D eigenvalue weighted by Gasteiger charge is -2.36. The molecule has 2 aromatic carbocycles. The van der Waals surface area contributed by atoms with Crippen LogP contribution in [0.5, 0.6) is 0 Å². The number of hydrogen-bond acceptors (Lipinski definition) is 6. The van der Waals surface area contributed by atoms with E-state index in [0.717, 1.165) is 86.9 Å². The van der Waals surface area contributed by atoms with Crippen LogP contribution in [0.4, 0.5) is 0 Å². The summed E-state index contributed by atoms with van der Waals surface area (Å²) in [7, 11) is -4.05. The van der Waals surface area contributed by atoms with Crippen LogP contribution < -0.4 is 4.72 Å². The van der Waals surface area contributed by atoms with Gasteiger partial charge in [0.1, 0.15) is 6.54 Å². The Morgan fingerprint density at radius 2 is 1.59 bits per heavy atom. The fourth-order valence-electron chi connectivity index (χ4n) is 7.86. The maximum atomic E-state index is 14.0. The molecule has 2 aliphatic heterocycles. The topological polar surface area (TPSA) is 105 Å². The molecule has 1 aliphatic carbocycles. The van der Waals surface area contributed by atoms with Crippen molar-refractivity contribution in [2.24, 2.45) is 0 Å². The molecule has 0 spiro atoms. The Hall–Kier alpha value is -3.89. The number of nitrogens with zero attached hydrogens (tertiary/aromatic N) is 3. The SMILES string of the molecule is O=C(NS(=O)(=O)c1ccccc1)c1ccc2c(C3CCCCC3)c(-c3ccoc3)n(CC(=O)N3CCC(N4CCCC4)CC3)c2c1. The minimum atomic E-state index is -4.05. The number of piperidine rings is 1. The lowest BCUT2D eigenvalue weighted by atomic mass is 9.82. The fourth-order valence-corrected chi connectivity index (χ4v) is 8.85. The molecule has 2 amide bonds. The molecule has 242 valence electrons. The van der Waals surface area contributed by atoms with E-state index < -0.39 is 15.9 Å². The molecule has 9 nitrogen and oxygen atoms in total. The first-order chi connectivity index (χ1) is 22.4. The second-order valence-corrected chi connectivity index (χ2v) is 14.7. The van der Waals surface area contributed by atoms with Gasteiger partial charge in [0.15, 0.2) is 0 Å². The monoisotopic (exact) mass is 642 g/mol. The minimum absolute atomic E-state index is 0.0220. The van der Waals surface area contributed by atoms with Crippen LogP contribution in [0.2, 0.25) is 0 Å². The second kappa shape index (κ2) is 13.1. The predicted molar refractivity (Wildman–Crippen MR) is 177 cm³/mol. The van der Waals surface area contributed by atoms with E-state index >= 15 is 0 Å². The number of nitrogens with one attached hydrogen (secondary N) is 1. The van der Waals surface area contributed by atoms with Gasteiger partial charge in [-0.25, -0.2) is 13.1 Å². The van der Waals surface area contributed by atoms with E-state index in [-0.39, 0.29) is 22.9 Å². The number of sulfonamides is 1. The molecule has 0 atom stereocenters. The molecule has 7 rings (SSSR count). The maximum Gasteiger partial charge on any atom is 0.265 e. The van der Waals surface area contributed by atoms with Crippen LogP contribution in [0.25, 0.3) is 22.2 Å². The highest BCUT2D eigenvalue weighted by Gasteiger charge is 2.32. The van der Waals surface area contributed by atoms with Gasteiger partial charge in [-0.3, -0.25) is 9.59 Å². The largest absolute Gasteiger partial charge is 0.472 e. The van der Waals surface area contributed by atoms with Crippen molar-refractivity contribution >= 4 is 32.7 Å². The normalized spacial score (nSPS) is 18.7. The molecule has 10 heteroatoms. The summed E-state index contributed by atoms with van der Waals surface area (Å²) in [5.41, 5.74) is 4.00. The third-order valence-corrected chi connectivity index (χ3v) is 11.6. The summed E-state index contributed by atoms with van der Waals surface area (Å²) in [6, 6.07) is 15.7. The van der Waals surface area contributed by atoms with Crippen molar-refractivity contribution in [3.63, 3.8) is 0 Å². The number of benzene rings is 2. The van der Waals surface area contributed by atoms with Gasteiger partial charge in [-0.15, -0.1) is 0 Å². The third-order valence-electron chi connectivity index (χ3n) is 10.2. The van der Waals surface area contributed by atoms with Crippen LogP contribution in [0.3, 0.4) is 0 Å². The minimum Gasteiger partial charge on any atom is -0.472 e. The van der Waals surface area contributed by atoms with E-state index in [1.54, 1.807) is 42.9 Å². The van der Waals surface area contributed by atoms with Crippen LogP contribution in [-0.4, -0.2) is 66.8 Å². The molecular weight excluding hydrogens is 600 g/mol. The van der Waals surface area contributed by atoms with Crippen molar-refractivity contribution in [2.75, 3.05) is 26.2 Å². The summed E-state index contributed by atoms with van der Waals surface area (Å²) in [5.74, 6) is -0.344. The summed E-state index contributed by atoms with van der Waals surface area (Å²) in [6.07, 6.45) is 13.5. The van der Waals surface area contributed by atoms with Gasteiger partial charge in [0.05, 0.1) is 28.6 Å². The van der Waals surface area contributed by atoms with Crippen molar-refractivity contribution in [3.05, 3.63) is 78.3 Å². The number of carbonyl (C=O) groups excluding carboxylic acids is 2. The average molecular weight is 643 g/mol. The zero-order valence-corrected chi connectivity index (χ0v) is 27.0. The smallest absolute Gasteiger partial charge is 0.265 e. The van der Waals surface area contributed by atoms with E-state index in [1.165, 1.54) is 37.0 Å². The number of carbonyl (C=O) groups is 2. The highest BCUT2D eigenvalue weighted by Crippen LogP contribution is 2.44. The zero-order valence-electron chi connectivity index (χ0n) is 26.2. The highest BCUT2D eigenvalue weighted by molar-refractivity contribution is 7.90. The molecule has 0 radical (unpaired) electrons. The molecule has 0 unspecified atom stereocenters. The number of amides is 2. The zero-order chi connectivity index (χ0) is 31.7. The van der Waals surface area contributed by atoms with E-state index in [0.29, 0.717) is 12.0 Å². The number of hydrogen-bond donors (Lipinski definition) is 1. The van der Waals surface area contributed by atoms with Gasteiger partial charge >= 0.3 is 0 Å².